The number of carbonyl (C=O) groups excluding carboxylic acids is 1. The Bertz CT molecular complexity index is 1180. The SMILES string of the molecule is CCC/C(N=C(C)N)=C(\Cc1ccc(-c2ccccc2-c2noc(=O)[nH]2)cc1)C(C)=O. The lowest BCUT2D eigenvalue weighted by atomic mass is 9.95. The number of nitrogens with two attached hydrogens (primary N) is 1. The highest BCUT2D eigenvalue weighted by atomic mass is 16.5. The van der Waals surface area contributed by atoms with E-state index in [1.807, 2.05) is 55.5 Å². The van der Waals surface area contributed by atoms with Gasteiger partial charge in [-0.15, -0.1) is 0 Å². The van der Waals surface area contributed by atoms with E-state index in [1.54, 1.807) is 13.8 Å². The van der Waals surface area contributed by atoms with Crippen LogP contribution in [0.5, 0.6) is 0 Å². The van der Waals surface area contributed by atoms with Gasteiger partial charge in [0.25, 0.3) is 0 Å². The summed E-state index contributed by atoms with van der Waals surface area (Å²) in [4.78, 5) is 30.7. The number of aromatic amines is 1. The molecule has 31 heavy (non-hydrogen) atoms. The monoisotopic (exact) mass is 418 g/mol. The molecule has 7 nitrogen and oxygen atoms in total. The first-order chi connectivity index (χ1) is 14.9. The third kappa shape index (κ3) is 5.45. The summed E-state index contributed by atoms with van der Waals surface area (Å²) in [6.45, 7) is 5.34. The molecule has 2 aromatic carbocycles. The lowest BCUT2D eigenvalue weighted by Gasteiger charge is -2.12. The summed E-state index contributed by atoms with van der Waals surface area (Å²) in [6, 6.07) is 15.6. The van der Waals surface area contributed by atoms with Crippen molar-refractivity contribution in [3.63, 3.8) is 0 Å². The number of amidine groups is 1. The predicted octanol–water partition coefficient (Wildman–Crippen LogP) is 4.26. The first-order valence-corrected chi connectivity index (χ1v) is 10.2. The number of Topliss-reactive ketones (excluding diaryl/α,β-unsaturated/α-hetero) is 1. The molecule has 160 valence electrons. The zero-order chi connectivity index (χ0) is 22.4. The molecule has 3 rings (SSSR count). The molecule has 0 atom stereocenters. The molecule has 1 aromatic heterocycles. The average molecular weight is 418 g/mol. The highest BCUT2D eigenvalue weighted by molar-refractivity contribution is 5.95. The zero-order valence-electron chi connectivity index (χ0n) is 17.9. The van der Waals surface area contributed by atoms with Gasteiger partial charge in [0, 0.05) is 23.3 Å². The van der Waals surface area contributed by atoms with Gasteiger partial charge in [-0.2, -0.15) is 0 Å². The molecule has 0 aliphatic rings. The molecular formula is C24H26N4O3. The van der Waals surface area contributed by atoms with E-state index in [0.717, 1.165) is 34.4 Å². The van der Waals surface area contributed by atoms with E-state index in [-0.39, 0.29) is 5.78 Å². The number of aromatic nitrogens is 2. The van der Waals surface area contributed by atoms with Crippen LogP contribution in [0, 0.1) is 0 Å². The molecule has 0 unspecified atom stereocenters. The number of hydrogen-bond donors (Lipinski definition) is 2. The van der Waals surface area contributed by atoms with E-state index in [1.165, 1.54) is 0 Å². The van der Waals surface area contributed by atoms with Crippen LogP contribution in [0.2, 0.25) is 0 Å². The van der Waals surface area contributed by atoms with Crippen molar-refractivity contribution in [2.75, 3.05) is 0 Å². The summed E-state index contributed by atoms with van der Waals surface area (Å²) in [5, 5.41) is 3.80. The van der Waals surface area contributed by atoms with Crippen LogP contribution in [0.15, 0.2) is 74.1 Å². The first kappa shape index (κ1) is 22.0. The summed E-state index contributed by atoms with van der Waals surface area (Å²) in [5.74, 6) is 0.227. The van der Waals surface area contributed by atoms with E-state index in [9.17, 15) is 9.59 Å². The fourth-order valence-corrected chi connectivity index (χ4v) is 3.45. The van der Waals surface area contributed by atoms with Crippen molar-refractivity contribution in [3.8, 4) is 22.5 Å². The highest BCUT2D eigenvalue weighted by Gasteiger charge is 2.14. The van der Waals surface area contributed by atoms with E-state index in [4.69, 9.17) is 5.73 Å². The van der Waals surface area contributed by atoms with Gasteiger partial charge in [0.2, 0.25) is 0 Å². The molecule has 0 spiro atoms. The lowest BCUT2D eigenvalue weighted by Crippen LogP contribution is -2.10. The summed E-state index contributed by atoms with van der Waals surface area (Å²) in [6.07, 6.45) is 2.06. The van der Waals surface area contributed by atoms with Gasteiger partial charge in [-0.1, -0.05) is 67.0 Å². The molecule has 0 radical (unpaired) electrons. The van der Waals surface area contributed by atoms with Crippen molar-refractivity contribution in [3.05, 3.63) is 75.9 Å². The van der Waals surface area contributed by atoms with Gasteiger partial charge in [0.05, 0.1) is 5.84 Å². The van der Waals surface area contributed by atoms with Crippen molar-refractivity contribution in [2.24, 2.45) is 10.7 Å². The maximum Gasteiger partial charge on any atom is 0.439 e. The molecule has 0 bridgehead atoms. The van der Waals surface area contributed by atoms with Gasteiger partial charge in [0.15, 0.2) is 11.6 Å². The normalized spacial score (nSPS) is 12.5. The second kappa shape index (κ2) is 9.84. The van der Waals surface area contributed by atoms with Gasteiger partial charge in [-0.05, 0) is 37.0 Å². The maximum atomic E-state index is 12.3. The fraction of sp³-hybridized carbons (Fsp3) is 0.250. The van der Waals surface area contributed by atoms with Gasteiger partial charge in [-0.3, -0.25) is 14.3 Å². The lowest BCUT2D eigenvalue weighted by molar-refractivity contribution is -0.113. The largest absolute Gasteiger partial charge is 0.439 e. The quantitative estimate of drug-likeness (QED) is 0.322. The Balaban J connectivity index is 1.94. The number of nitrogens with zero attached hydrogens (tertiary/aromatic N) is 2. The summed E-state index contributed by atoms with van der Waals surface area (Å²) in [5.41, 5.74) is 10.8. The number of rotatable bonds is 8. The summed E-state index contributed by atoms with van der Waals surface area (Å²) < 4.78 is 4.65. The standard InChI is InChI=1S/C24H26N4O3/c1-4-7-22(26-16(3)25)21(15(2)29)14-17-10-12-18(13-11-17)19-8-5-6-9-20(19)23-27-24(30)31-28-23/h5-6,8-13H,4,7,14H2,1-3H3,(H2,25,26)(H,27,28,30)/b22-21-. The minimum Gasteiger partial charge on any atom is -0.387 e. The minimum atomic E-state index is -0.595. The molecule has 0 fully saturated rings. The van der Waals surface area contributed by atoms with E-state index in [0.29, 0.717) is 30.1 Å². The molecule has 3 N–H and O–H groups in total. The molecule has 0 amide bonds. The summed E-state index contributed by atoms with van der Waals surface area (Å²) >= 11 is 0. The van der Waals surface area contributed by atoms with Crippen LogP contribution >= 0.6 is 0 Å². The highest BCUT2D eigenvalue weighted by Crippen LogP contribution is 2.30. The Morgan fingerprint density at radius 3 is 2.32 bits per heavy atom. The van der Waals surface area contributed by atoms with Crippen molar-refractivity contribution in [1.29, 1.82) is 0 Å². The number of benzene rings is 2. The van der Waals surface area contributed by atoms with E-state index in [2.05, 4.69) is 19.7 Å². The third-order valence-electron chi connectivity index (χ3n) is 4.84. The Kier molecular flexibility index (Phi) is 6.97. The fourth-order valence-electron chi connectivity index (χ4n) is 3.45. The van der Waals surface area contributed by atoms with E-state index < -0.39 is 5.76 Å². The molecule has 7 heteroatoms. The Morgan fingerprint density at radius 2 is 1.77 bits per heavy atom. The van der Waals surface area contributed by atoms with Crippen LogP contribution in [0.25, 0.3) is 22.5 Å². The number of nitrogens with one attached hydrogen (secondary N) is 1. The molecule has 0 saturated carbocycles. The van der Waals surface area contributed by atoms with Gasteiger partial charge >= 0.3 is 5.76 Å². The van der Waals surface area contributed by atoms with Crippen LogP contribution in [-0.2, 0) is 11.2 Å². The van der Waals surface area contributed by atoms with E-state index >= 15 is 0 Å². The number of aliphatic imine (C=N–C) groups is 1. The van der Waals surface area contributed by atoms with Gasteiger partial charge in [-0.25, -0.2) is 9.79 Å². The Hall–Kier alpha value is -3.74. The van der Waals surface area contributed by atoms with Crippen LogP contribution < -0.4 is 11.5 Å². The molecule has 0 saturated heterocycles. The Morgan fingerprint density at radius 1 is 1.10 bits per heavy atom. The molecule has 0 aliphatic carbocycles. The Labute approximate surface area is 180 Å². The minimum absolute atomic E-state index is 0.00198. The maximum absolute atomic E-state index is 12.3. The predicted molar refractivity (Wildman–Crippen MR) is 122 cm³/mol. The number of hydrogen-bond acceptors (Lipinski definition) is 5. The zero-order valence-corrected chi connectivity index (χ0v) is 17.9. The van der Waals surface area contributed by atoms with Crippen molar-refractivity contribution >= 4 is 11.6 Å². The van der Waals surface area contributed by atoms with Crippen LogP contribution in [0.3, 0.4) is 0 Å². The second-order valence-corrected chi connectivity index (χ2v) is 7.35. The van der Waals surface area contributed by atoms with Crippen LogP contribution in [0.1, 0.15) is 39.2 Å². The smallest absolute Gasteiger partial charge is 0.387 e. The third-order valence-corrected chi connectivity index (χ3v) is 4.84. The number of ketones is 1. The molecular weight excluding hydrogens is 392 g/mol. The number of allylic oxidation sites excluding steroid dienone is 2. The number of carbonyl (C=O) groups is 1. The number of H-pyrrole nitrogens is 1. The van der Waals surface area contributed by atoms with Crippen molar-refractivity contribution in [1.82, 2.24) is 10.1 Å². The van der Waals surface area contributed by atoms with Crippen LogP contribution in [0.4, 0.5) is 0 Å². The molecule has 1 heterocycles. The second-order valence-electron chi connectivity index (χ2n) is 7.35. The average Bonchev–Trinajstić information content (AvgIpc) is 3.18. The topological polar surface area (TPSA) is 114 Å². The van der Waals surface area contributed by atoms with Gasteiger partial charge < -0.3 is 5.73 Å². The van der Waals surface area contributed by atoms with Crippen molar-refractivity contribution < 1.29 is 9.32 Å². The van der Waals surface area contributed by atoms with Crippen LogP contribution in [-0.4, -0.2) is 21.8 Å². The van der Waals surface area contributed by atoms with Crippen molar-refractivity contribution in [2.45, 2.75) is 40.0 Å². The first-order valence-electron chi connectivity index (χ1n) is 10.2. The van der Waals surface area contributed by atoms with Gasteiger partial charge in [0.1, 0.15) is 0 Å². The summed E-state index contributed by atoms with van der Waals surface area (Å²) in [7, 11) is 0. The molecule has 0 aliphatic heterocycles. The molecule has 3 aromatic rings.